The number of nitrogens with zero attached hydrogens (tertiary/aromatic N) is 2. The van der Waals surface area contributed by atoms with Crippen LogP contribution in [0.3, 0.4) is 0 Å². The van der Waals surface area contributed by atoms with Crippen LogP contribution in [0.1, 0.15) is 33.5 Å². The van der Waals surface area contributed by atoms with Crippen LogP contribution in [0.2, 0.25) is 0 Å². The van der Waals surface area contributed by atoms with Crippen molar-refractivity contribution in [1.29, 1.82) is 0 Å². The highest BCUT2D eigenvalue weighted by Crippen LogP contribution is 2.36. The Morgan fingerprint density at radius 1 is 1.00 bits per heavy atom. The van der Waals surface area contributed by atoms with Gasteiger partial charge in [-0.15, -0.1) is 0 Å². The van der Waals surface area contributed by atoms with Crippen molar-refractivity contribution in [2.24, 2.45) is 0 Å². The molecule has 2 aromatic carbocycles. The molecular formula is C24H26F6N2O3. The van der Waals surface area contributed by atoms with Crippen molar-refractivity contribution < 1.29 is 40.6 Å². The van der Waals surface area contributed by atoms with Gasteiger partial charge in [0.25, 0.3) is 5.91 Å². The van der Waals surface area contributed by atoms with Gasteiger partial charge in [-0.1, -0.05) is 18.2 Å². The van der Waals surface area contributed by atoms with Gasteiger partial charge in [-0.3, -0.25) is 9.69 Å². The number of alkyl halides is 6. The fourth-order valence-electron chi connectivity index (χ4n) is 3.86. The van der Waals surface area contributed by atoms with E-state index in [1.165, 1.54) is 12.0 Å². The van der Waals surface area contributed by atoms with Gasteiger partial charge in [-0.2, -0.15) is 26.3 Å². The summed E-state index contributed by atoms with van der Waals surface area (Å²) in [4.78, 5) is 16.7. The van der Waals surface area contributed by atoms with Gasteiger partial charge in [-0.05, 0) is 30.7 Å². The fourth-order valence-corrected chi connectivity index (χ4v) is 3.86. The molecule has 0 spiro atoms. The van der Waals surface area contributed by atoms with Crippen molar-refractivity contribution >= 4 is 5.91 Å². The van der Waals surface area contributed by atoms with Crippen LogP contribution in [0.4, 0.5) is 26.3 Å². The minimum Gasteiger partial charge on any atom is -0.496 e. The third-order valence-electron chi connectivity index (χ3n) is 5.68. The second kappa shape index (κ2) is 11.3. The minimum absolute atomic E-state index is 0.0137. The zero-order valence-corrected chi connectivity index (χ0v) is 19.1. The van der Waals surface area contributed by atoms with Crippen LogP contribution in [0.5, 0.6) is 5.75 Å². The fraction of sp³-hybridized carbons (Fsp3) is 0.458. The molecule has 1 fully saturated rings. The summed E-state index contributed by atoms with van der Waals surface area (Å²) < 4.78 is 90.6. The quantitative estimate of drug-likeness (QED) is 0.470. The Morgan fingerprint density at radius 2 is 1.60 bits per heavy atom. The second-order valence-electron chi connectivity index (χ2n) is 8.14. The summed E-state index contributed by atoms with van der Waals surface area (Å²) in [5.41, 5.74) is -3.14. The molecule has 35 heavy (non-hydrogen) atoms. The van der Waals surface area contributed by atoms with Crippen LogP contribution in [-0.4, -0.2) is 62.2 Å². The van der Waals surface area contributed by atoms with Crippen LogP contribution < -0.4 is 4.74 Å². The lowest BCUT2D eigenvalue weighted by molar-refractivity contribution is -0.143. The van der Waals surface area contributed by atoms with E-state index < -0.39 is 35.0 Å². The predicted molar refractivity (Wildman–Crippen MR) is 116 cm³/mol. The van der Waals surface area contributed by atoms with E-state index in [2.05, 4.69) is 4.90 Å². The van der Waals surface area contributed by atoms with Crippen molar-refractivity contribution in [3.8, 4) is 5.75 Å². The number of hydrogen-bond donors (Lipinski definition) is 0. The highest BCUT2D eigenvalue weighted by molar-refractivity contribution is 5.94. The van der Waals surface area contributed by atoms with E-state index in [-0.39, 0.29) is 19.2 Å². The van der Waals surface area contributed by atoms with Gasteiger partial charge >= 0.3 is 12.4 Å². The summed E-state index contributed by atoms with van der Waals surface area (Å²) in [6, 6.07) is 7.73. The number of morpholine rings is 1. The lowest BCUT2D eigenvalue weighted by atomic mass is 10.0. The summed E-state index contributed by atoms with van der Waals surface area (Å²) in [5, 5.41) is 0. The van der Waals surface area contributed by atoms with E-state index in [0.717, 1.165) is 0 Å². The highest BCUT2D eigenvalue weighted by Gasteiger charge is 2.38. The Hall–Kier alpha value is -2.79. The standard InChI is InChI=1S/C24H26F6N2O3/c1-34-21-6-3-2-5-17(21)16-32(8-4-7-31-9-11-35-12-10-31)22(33)18-13-19(23(25,26)27)15-20(14-18)24(28,29)30/h2-3,5-6,13-15H,4,7-12,16H2,1H3. The van der Waals surface area contributed by atoms with E-state index in [1.54, 1.807) is 24.3 Å². The monoisotopic (exact) mass is 504 g/mol. The summed E-state index contributed by atoms with van der Waals surface area (Å²) in [6.07, 6.45) is -9.60. The molecule has 1 saturated heterocycles. The summed E-state index contributed by atoms with van der Waals surface area (Å²) in [7, 11) is 1.44. The molecule has 0 radical (unpaired) electrons. The maximum absolute atomic E-state index is 13.3. The van der Waals surface area contributed by atoms with E-state index in [9.17, 15) is 31.1 Å². The molecule has 1 heterocycles. The summed E-state index contributed by atoms with van der Waals surface area (Å²) in [6.45, 7) is 3.28. The molecule has 192 valence electrons. The number of methoxy groups -OCH3 is 1. The summed E-state index contributed by atoms with van der Waals surface area (Å²) in [5.74, 6) is -0.465. The molecule has 0 N–H and O–H groups in total. The van der Waals surface area contributed by atoms with Crippen molar-refractivity contribution in [3.05, 3.63) is 64.7 Å². The molecule has 3 rings (SSSR count). The van der Waals surface area contributed by atoms with Gasteiger partial charge < -0.3 is 14.4 Å². The highest BCUT2D eigenvalue weighted by atomic mass is 19.4. The Labute approximate surface area is 199 Å². The second-order valence-corrected chi connectivity index (χ2v) is 8.14. The molecule has 0 aliphatic carbocycles. The van der Waals surface area contributed by atoms with Crippen LogP contribution in [0, 0.1) is 0 Å². The van der Waals surface area contributed by atoms with Gasteiger partial charge in [-0.25, -0.2) is 0 Å². The predicted octanol–water partition coefficient (Wildman–Crippen LogP) is 5.10. The van der Waals surface area contributed by atoms with E-state index in [4.69, 9.17) is 9.47 Å². The van der Waals surface area contributed by atoms with Crippen LogP contribution in [0.15, 0.2) is 42.5 Å². The molecule has 0 bridgehead atoms. The molecule has 1 amide bonds. The number of rotatable bonds is 8. The number of carbonyl (C=O) groups excluding carboxylic acids is 1. The van der Waals surface area contributed by atoms with Crippen LogP contribution in [-0.2, 0) is 23.6 Å². The Balaban J connectivity index is 1.91. The maximum Gasteiger partial charge on any atom is 0.416 e. The first-order valence-electron chi connectivity index (χ1n) is 11.0. The van der Waals surface area contributed by atoms with Gasteiger partial charge in [0.2, 0.25) is 0 Å². The normalized spacial score (nSPS) is 15.2. The first-order valence-corrected chi connectivity index (χ1v) is 11.0. The molecule has 11 heteroatoms. The zero-order valence-electron chi connectivity index (χ0n) is 19.1. The zero-order chi connectivity index (χ0) is 25.6. The number of halogens is 6. The number of amides is 1. The number of para-hydroxylation sites is 1. The topological polar surface area (TPSA) is 42.0 Å². The molecule has 1 aliphatic heterocycles. The Morgan fingerprint density at radius 3 is 2.17 bits per heavy atom. The van der Waals surface area contributed by atoms with Crippen LogP contribution >= 0.6 is 0 Å². The SMILES string of the molecule is COc1ccccc1CN(CCCN1CCOCC1)C(=O)c1cc(C(F)(F)F)cc(C(F)(F)F)c1. The van der Waals surface area contributed by atoms with Crippen LogP contribution in [0.25, 0.3) is 0 Å². The third-order valence-corrected chi connectivity index (χ3v) is 5.68. The van der Waals surface area contributed by atoms with E-state index >= 15 is 0 Å². The third kappa shape index (κ3) is 7.35. The first kappa shape index (κ1) is 26.8. The molecule has 0 unspecified atom stereocenters. The number of ether oxygens (including phenoxy) is 2. The number of carbonyl (C=O) groups is 1. The van der Waals surface area contributed by atoms with Gasteiger partial charge in [0, 0.05) is 43.9 Å². The Kier molecular flexibility index (Phi) is 8.65. The largest absolute Gasteiger partial charge is 0.496 e. The number of hydrogen-bond acceptors (Lipinski definition) is 4. The molecule has 0 atom stereocenters. The lowest BCUT2D eigenvalue weighted by Gasteiger charge is -2.29. The molecular weight excluding hydrogens is 478 g/mol. The van der Waals surface area contributed by atoms with Crippen molar-refractivity contribution in [1.82, 2.24) is 9.80 Å². The van der Waals surface area contributed by atoms with Crippen molar-refractivity contribution in [2.75, 3.05) is 46.5 Å². The van der Waals surface area contributed by atoms with E-state index in [0.29, 0.717) is 62.7 Å². The average Bonchev–Trinajstić information content (AvgIpc) is 2.82. The maximum atomic E-state index is 13.3. The van der Waals surface area contributed by atoms with Gasteiger partial charge in [0.1, 0.15) is 5.75 Å². The van der Waals surface area contributed by atoms with Gasteiger partial charge in [0.05, 0.1) is 31.5 Å². The number of benzene rings is 2. The van der Waals surface area contributed by atoms with Gasteiger partial charge in [0.15, 0.2) is 0 Å². The molecule has 5 nitrogen and oxygen atoms in total. The first-order chi connectivity index (χ1) is 16.5. The van der Waals surface area contributed by atoms with E-state index in [1.807, 2.05) is 0 Å². The Bertz CT molecular complexity index is 971. The molecule has 1 aliphatic rings. The molecule has 0 aromatic heterocycles. The van der Waals surface area contributed by atoms with Crippen molar-refractivity contribution in [2.45, 2.75) is 25.3 Å². The molecule has 0 saturated carbocycles. The lowest BCUT2D eigenvalue weighted by Crippen LogP contribution is -2.39. The molecule has 2 aromatic rings. The summed E-state index contributed by atoms with van der Waals surface area (Å²) >= 11 is 0. The van der Waals surface area contributed by atoms with Crippen molar-refractivity contribution in [3.63, 3.8) is 0 Å². The smallest absolute Gasteiger partial charge is 0.416 e. The minimum atomic E-state index is -5.04. The average molecular weight is 504 g/mol.